The third-order valence-corrected chi connectivity index (χ3v) is 33.9. The van der Waals surface area contributed by atoms with E-state index in [9.17, 15) is 0 Å². The van der Waals surface area contributed by atoms with Gasteiger partial charge in [0, 0.05) is 15.0 Å². The Labute approximate surface area is 518 Å². The number of allylic oxidation sites excluding steroid dienone is 2. The molecule has 6 fully saturated rings. The van der Waals surface area contributed by atoms with Gasteiger partial charge in [-0.3, -0.25) is 0 Å². The van der Waals surface area contributed by atoms with E-state index in [-0.39, 0.29) is 23.3 Å². The molecule has 6 saturated carbocycles. The van der Waals surface area contributed by atoms with Gasteiger partial charge in [-0.15, -0.1) is 0 Å². The van der Waals surface area contributed by atoms with Crippen molar-refractivity contribution in [3.63, 3.8) is 0 Å². The number of hydrogen-bond acceptors (Lipinski definition) is 2. The molecular weight excluding hydrogens is 1080 g/mol. The molecule has 10 rings (SSSR count). The summed E-state index contributed by atoms with van der Waals surface area (Å²) in [7, 11) is 0. The number of ether oxygens (including phenoxy) is 2. The molecule has 8 aliphatic rings. The first-order valence-corrected chi connectivity index (χ1v) is 38.1. The predicted octanol–water partition coefficient (Wildman–Crippen LogP) is 21.3. The first-order valence-electron chi connectivity index (χ1n) is 34.0. The number of fused-ring (bicyclic) bond motifs is 10. The SMILES string of the molecule is C.C.CC(C)CCC[C@@H](C)[C@H]1CC[C@H]2[C@@H]3CC=C4C[C@@H](OCCC(C)C)CC[C@]4(C)[C@H]3CC[C@]12C.CC(C)CCC[C@@H](C)[C@H]1CC[C@H]2[C@@H]3CC=C4C[C@@H](OCCC(C)P(=[Se])(c5ccccc5)c5ccccc5)CC[C@]4(C)[C@H]3CC[C@]12C.[B]. The molecule has 0 amide bonds. The summed E-state index contributed by atoms with van der Waals surface area (Å²) in [5.41, 5.74) is 4.48. The fourth-order valence-electron chi connectivity index (χ4n) is 20.6. The molecule has 1 unspecified atom stereocenters. The Morgan fingerprint density at radius 2 is 0.866 bits per heavy atom. The van der Waals surface area contributed by atoms with Crippen LogP contribution < -0.4 is 10.6 Å². The molecule has 0 aromatic heterocycles. The van der Waals surface area contributed by atoms with Gasteiger partial charge in [0.15, 0.2) is 0 Å². The molecule has 0 heterocycles. The molecule has 2 aromatic carbocycles. The number of rotatable bonds is 21. The molecule has 461 valence electrons. The minimum atomic E-state index is -1.64. The van der Waals surface area contributed by atoms with Crippen LogP contribution in [0.1, 0.15) is 259 Å². The van der Waals surface area contributed by atoms with Crippen LogP contribution in [0.25, 0.3) is 0 Å². The fourth-order valence-corrected chi connectivity index (χ4v) is 25.8. The van der Waals surface area contributed by atoms with Crippen LogP contribution in [0.4, 0.5) is 0 Å². The summed E-state index contributed by atoms with van der Waals surface area (Å²) in [5.74, 6) is 11.8. The van der Waals surface area contributed by atoms with Gasteiger partial charge in [0.2, 0.25) is 0 Å². The summed E-state index contributed by atoms with van der Waals surface area (Å²) >= 11 is 3.77. The van der Waals surface area contributed by atoms with Gasteiger partial charge in [-0.05, 0) is 146 Å². The van der Waals surface area contributed by atoms with E-state index in [0.717, 1.165) is 96.6 Å². The van der Waals surface area contributed by atoms with Crippen molar-refractivity contribution >= 4 is 39.6 Å². The minimum absolute atomic E-state index is 0. The molecule has 0 saturated heterocycles. The van der Waals surface area contributed by atoms with Gasteiger partial charge >= 0.3 is 209 Å². The van der Waals surface area contributed by atoms with Crippen molar-refractivity contribution in [3.8, 4) is 0 Å². The molecule has 17 atom stereocenters. The van der Waals surface area contributed by atoms with Crippen molar-refractivity contribution in [2.24, 2.45) is 98.6 Å². The van der Waals surface area contributed by atoms with Gasteiger partial charge in [-0.1, -0.05) is 141 Å². The van der Waals surface area contributed by atoms with E-state index in [2.05, 4.69) is 178 Å². The maximum absolute atomic E-state index is 6.79. The van der Waals surface area contributed by atoms with Gasteiger partial charge in [-0.25, -0.2) is 0 Å². The quantitative estimate of drug-likeness (QED) is 0.0705. The average molecular weight is 1210 g/mol. The van der Waals surface area contributed by atoms with E-state index in [4.69, 9.17) is 9.47 Å². The molecule has 2 nitrogen and oxygen atoms in total. The summed E-state index contributed by atoms with van der Waals surface area (Å²) in [6.45, 7) is 34.4. The second-order valence-corrected chi connectivity index (χ2v) is 38.1. The van der Waals surface area contributed by atoms with Crippen molar-refractivity contribution < 1.29 is 9.47 Å². The third kappa shape index (κ3) is 14.6. The van der Waals surface area contributed by atoms with Crippen molar-refractivity contribution in [3.05, 3.63) is 84.0 Å². The molecule has 8 aliphatic carbocycles. The van der Waals surface area contributed by atoms with E-state index in [1.165, 1.54) is 158 Å². The van der Waals surface area contributed by atoms with Gasteiger partial charge in [0.05, 0.1) is 6.10 Å². The molecule has 2 aromatic rings. The van der Waals surface area contributed by atoms with Crippen molar-refractivity contribution in [2.75, 3.05) is 13.2 Å². The van der Waals surface area contributed by atoms with Crippen molar-refractivity contribution in [2.45, 2.75) is 277 Å². The van der Waals surface area contributed by atoms with Crippen LogP contribution in [-0.4, -0.2) is 54.6 Å². The minimum Gasteiger partial charge on any atom is -0.0591 e. The Bertz CT molecular complexity index is 2320. The van der Waals surface area contributed by atoms with E-state index in [1.807, 2.05) is 0 Å². The normalized spacial score (nSPS) is 35.7. The van der Waals surface area contributed by atoms with E-state index in [0.29, 0.717) is 39.5 Å². The van der Waals surface area contributed by atoms with Crippen LogP contribution in [0.2, 0.25) is 0 Å². The average Bonchev–Trinajstić information content (AvgIpc) is 1.62. The monoisotopic (exact) mass is 1210 g/mol. The topological polar surface area (TPSA) is 18.5 Å². The Morgan fingerprint density at radius 3 is 1.26 bits per heavy atom. The van der Waals surface area contributed by atoms with Crippen LogP contribution in [0.3, 0.4) is 0 Å². The maximum atomic E-state index is 6.79. The smallest absolute Gasteiger partial charge is 0.0591 e. The molecule has 0 aliphatic heterocycles. The van der Waals surface area contributed by atoms with E-state index < -0.39 is 5.51 Å². The number of benzene rings is 2. The second-order valence-electron chi connectivity index (χ2n) is 31.2. The zero-order chi connectivity index (χ0) is 56.3. The first kappa shape index (κ1) is 69.9. The summed E-state index contributed by atoms with van der Waals surface area (Å²) in [5, 5.41) is 2.92. The Balaban J connectivity index is 0.000000267. The fraction of sp³-hybridized carbons (Fsp3) is 0.792. The predicted molar refractivity (Wildman–Crippen MR) is 363 cm³/mol. The Kier molecular flexibility index (Phi) is 25.5. The Hall–Kier alpha value is -1.15. The van der Waals surface area contributed by atoms with Crippen LogP contribution in [-0.2, 0) is 9.47 Å². The van der Waals surface area contributed by atoms with E-state index in [1.54, 1.807) is 11.1 Å². The summed E-state index contributed by atoms with van der Waals surface area (Å²) in [6.07, 6.45) is 39.4. The second kappa shape index (κ2) is 29.9. The van der Waals surface area contributed by atoms with Gasteiger partial charge in [0.25, 0.3) is 0 Å². The summed E-state index contributed by atoms with van der Waals surface area (Å²) < 4.78 is 13.1. The summed E-state index contributed by atoms with van der Waals surface area (Å²) in [6, 6.07) is 22.4. The van der Waals surface area contributed by atoms with Crippen molar-refractivity contribution in [1.82, 2.24) is 0 Å². The molecule has 0 spiro atoms. The van der Waals surface area contributed by atoms with Crippen LogP contribution in [0, 0.1) is 98.6 Å². The number of hydrogen-bond donors (Lipinski definition) is 0. The molecule has 82 heavy (non-hydrogen) atoms. The standard InChI is InChI=1S/C43H63OPSe.C32H56O.2CH4.B/c1-31(2)14-13-15-32(3)39-22-23-40-38-21-20-34-30-35(24-27-42(34,5)41(38)25-28-43(39,40)6)44-29-26-33(4)45(46,36-16-9-7-10-17-36)37-18-11-8-12-19-37;1-22(2)9-8-10-24(5)28-13-14-29-27-12-11-25-21-26(33-20-17-23(3)4)15-18-31(25,6)30(27)16-19-32(28,29)7;;;/h7-12,16-20,31-33,35,38-41H,13-15,21-30H2,1-6H3;11,22-24,26-30H,8-10,12-21H2,1-7H3;2*1H4;/t32-,33?,35+,38+,39-,40+,41+,42+,43-;24-,26+,27+,28-,29+,30+,31+,32-;;;/m11.../s1. The zero-order valence-electron chi connectivity index (χ0n) is 53.8. The molecular formula is C77H127BO2PSe. The van der Waals surface area contributed by atoms with Gasteiger partial charge in [-0.2, -0.15) is 0 Å². The van der Waals surface area contributed by atoms with Crippen molar-refractivity contribution in [1.29, 1.82) is 0 Å². The third-order valence-electron chi connectivity index (χ3n) is 25.4. The van der Waals surface area contributed by atoms with E-state index >= 15 is 0 Å². The van der Waals surface area contributed by atoms with Gasteiger partial charge < -0.3 is 4.74 Å². The zero-order valence-corrected chi connectivity index (χ0v) is 56.4. The van der Waals surface area contributed by atoms with Crippen LogP contribution in [0.15, 0.2) is 84.0 Å². The van der Waals surface area contributed by atoms with Crippen LogP contribution >= 0.6 is 5.51 Å². The molecule has 0 N–H and O–H groups in total. The summed E-state index contributed by atoms with van der Waals surface area (Å²) in [4.78, 5) is 0. The van der Waals surface area contributed by atoms with Crippen LogP contribution in [0.5, 0.6) is 0 Å². The molecule has 3 radical (unpaired) electrons. The Morgan fingerprint density at radius 1 is 0.476 bits per heavy atom. The molecule has 0 bridgehead atoms. The molecule has 5 heteroatoms. The van der Waals surface area contributed by atoms with Gasteiger partial charge in [0.1, 0.15) is 0 Å². The first-order chi connectivity index (χ1) is 37.7.